The van der Waals surface area contributed by atoms with Gasteiger partial charge < -0.3 is 14.9 Å². The Morgan fingerprint density at radius 2 is 2.11 bits per heavy atom. The number of rotatable bonds is 1. The van der Waals surface area contributed by atoms with Crippen molar-refractivity contribution in [3.05, 3.63) is 0 Å². The lowest BCUT2D eigenvalue weighted by Gasteiger charge is -2.55. The van der Waals surface area contributed by atoms with Crippen LogP contribution in [0.5, 0.6) is 0 Å². The van der Waals surface area contributed by atoms with Gasteiger partial charge in [0.1, 0.15) is 6.10 Å². The van der Waals surface area contributed by atoms with Crippen LogP contribution in [0.1, 0.15) is 39.5 Å². The Hall–Kier alpha value is -0.610. The highest BCUT2D eigenvalue weighted by molar-refractivity contribution is 5.75. The molecule has 0 spiro atoms. The predicted molar refractivity (Wildman–Crippen MR) is 69.2 cm³/mol. The molecule has 0 radical (unpaired) electrons. The molecule has 1 aliphatic heterocycles. The van der Waals surface area contributed by atoms with Crippen molar-refractivity contribution in [1.29, 1.82) is 0 Å². The standard InChI is InChI=1S/C15H24O4/c1-8-10-5-6-15(2)11(17)4-3-9(7-16)12(15)13(10)19-14(8)18/h8-13,16-17H,3-7H2,1-2H3/t8-,9-,10-,11+,12+,13-,15-/m0/s1. The van der Waals surface area contributed by atoms with Crippen LogP contribution in [0.25, 0.3) is 0 Å². The van der Waals surface area contributed by atoms with Crippen LogP contribution in [-0.4, -0.2) is 35.0 Å². The zero-order valence-corrected chi connectivity index (χ0v) is 11.7. The Morgan fingerprint density at radius 3 is 2.79 bits per heavy atom. The number of fused-ring (bicyclic) bond motifs is 3. The van der Waals surface area contributed by atoms with Gasteiger partial charge in [-0.2, -0.15) is 0 Å². The third-order valence-electron chi connectivity index (χ3n) is 6.13. The van der Waals surface area contributed by atoms with Gasteiger partial charge in [0, 0.05) is 23.9 Å². The second-order valence-corrected chi connectivity index (χ2v) is 6.96. The zero-order chi connectivity index (χ0) is 13.8. The maximum absolute atomic E-state index is 11.8. The summed E-state index contributed by atoms with van der Waals surface area (Å²) in [6.07, 6.45) is 3.01. The number of aliphatic hydroxyl groups is 2. The van der Waals surface area contributed by atoms with Crippen LogP contribution in [-0.2, 0) is 9.53 Å². The van der Waals surface area contributed by atoms with Crippen LogP contribution in [0.4, 0.5) is 0 Å². The Bertz CT molecular complexity index is 382. The van der Waals surface area contributed by atoms with Crippen molar-refractivity contribution in [2.75, 3.05) is 6.61 Å². The fourth-order valence-electron chi connectivity index (χ4n) is 4.84. The van der Waals surface area contributed by atoms with Gasteiger partial charge in [-0.15, -0.1) is 0 Å². The highest BCUT2D eigenvalue weighted by Crippen LogP contribution is 2.57. The molecule has 2 aliphatic carbocycles. The SMILES string of the molecule is C[C@@H]1C(=O)O[C@H]2[C@H]1CC[C@]1(C)[C@@H]2[C@H](CO)CC[C@H]1O. The second-order valence-electron chi connectivity index (χ2n) is 6.96. The van der Waals surface area contributed by atoms with Crippen molar-refractivity contribution in [1.82, 2.24) is 0 Å². The zero-order valence-electron chi connectivity index (χ0n) is 11.7. The van der Waals surface area contributed by atoms with Crippen LogP contribution >= 0.6 is 0 Å². The van der Waals surface area contributed by atoms with Gasteiger partial charge in [-0.3, -0.25) is 4.79 Å². The van der Waals surface area contributed by atoms with E-state index in [-0.39, 0.29) is 53.9 Å². The first kappa shape index (κ1) is 13.4. The second kappa shape index (κ2) is 4.45. The lowest BCUT2D eigenvalue weighted by molar-refractivity contribution is -0.171. The monoisotopic (exact) mass is 268 g/mol. The molecule has 4 nitrogen and oxygen atoms in total. The van der Waals surface area contributed by atoms with Gasteiger partial charge in [-0.1, -0.05) is 13.8 Å². The van der Waals surface area contributed by atoms with Crippen molar-refractivity contribution in [3.8, 4) is 0 Å². The van der Waals surface area contributed by atoms with E-state index >= 15 is 0 Å². The molecule has 1 heterocycles. The Kier molecular flexibility index (Phi) is 3.13. The van der Waals surface area contributed by atoms with Gasteiger partial charge in [0.2, 0.25) is 0 Å². The van der Waals surface area contributed by atoms with Gasteiger partial charge in [-0.05, 0) is 31.6 Å². The minimum Gasteiger partial charge on any atom is -0.462 e. The Balaban J connectivity index is 1.95. The number of ether oxygens (including phenoxy) is 1. The lowest BCUT2D eigenvalue weighted by Crippen LogP contribution is -2.56. The molecule has 0 unspecified atom stereocenters. The van der Waals surface area contributed by atoms with Crippen molar-refractivity contribution in [2.45, 2.75) is 51.7 Å². The molecule has 0 aromatic heterocycles. The molecule has 2 N–H and O–H groups in total. The molecule has 19 heavy (non-hydrogen) atoms. The summed E-state index contributed by atoms with van der Waals surface area (Å²) < 4.78 is 5.63. The summed E-state index contributed by atoms with van der Waals surface area (Å²) >= 11 is 0. The van der Waals surface area contributed by atoms with E-state index in [9.17, 15) is 15.0 Å². The normalized spacial score (nSPS) is 53.4. The molecular formula is C15H24O4. The molecule has 3 fully saturated rings. The van der Waals surface area contributed by atoms with Gasteiger partial charge >= 0.3 is 5.97 Å². The van der Waals surface area contributed by atoms with E-state index in [4.69, 9.17) is 4.74 Å². The average molecular weight is 268 g/mol. The summed E-state index contributed by atoms with van der Waals surface area (Å²) in [5, 5.41) is 20.1. The van der Waals surface area contributed by atoms with Crippen molar-refractivity contribution in [3.63, 3.8) is 0 Å². The number of aliphatic hydroxyl groups excluding tert-OH is 2. The fraction of sp³-hybridized carbons (Fsp3) is 0.933. The molecule has 0 amide bonds. The van der Waals surface area contributed by atoms with Gasteiger partial charge in [0.15, 0.2) is 0 Å². The smallest absolute Gasteiger partial charge is 0.309 e. The first-order chi connectivity index (χ1) is 8.99. The van der Waals surface area contributed by atoms with Crippen LogP contribution in [0.15, 0.2) is 0 Å². The molecule has 3 aliphatic rings. The van der Waals surface area contributed by atoms with Crippen molar-refractivity contribution >= 4 is 5.97 Å². The molecule has 4 heteroatoms. The van der Waals surface area contributed by atoms with Gasteiger partial charge in [0.05, 0.1) is 12.0 Å². The third-order valence-corrected chi connectivity index (χ3v) is 6.13. The molecule has 108 valence electrons. The maximum atomic E-state index is 11.8. The maximum Gasteiger partial charge on any atom is 0.309 e. The van der Waals surface area contributed by atoms with E-state index in [1.165, 1.54) is 0 Å². The number of carbonyl (C=O) groups is 1. The van der Waals surface area contributed by atoms with E-state index in [2.05, 4.69) is 6.92 Å². The quantitative estimate of drug-likeness (QED) is 0.704. The number of hydrogen-bond donors (Lipinski definition) is 2. The summed E-state index contributed by atoms with van der Waals surface area (Å²) in [6, 6.07) is 0. The Morgan fingerprint density at radius 1 is 1.37 bits per heavy atom. The van der Waals surface area contributed by atoms with E-state index < -0.39 is 0 Å². The molecule has 0 aromatic carbocycles. The van der Waals surface area contributed by atoms with Crippen LogP contribution in [0.3, 0.4) is 0 Å². The first-order valence-electron chi connectivity index (χ1n) is 7.48. The molecule has 0 bridgehead atoms. The first-order valence-corrected chi connectivity index (χ1v) is 7.48. The lowest BCUT2D eigenvalue weighted by atomic mass is 9.52. The van der Waals surface area contributed by atoms with E-state index in [1.54, 1.807) is 0 Å². The van der Waals surface area contributed by atoms with E-state index in [1.807, 2.05) is 6.92 Å². The van der Waals surface area contributed by atoms with Crippen molar-refractivity contribution < 1.29 is 19.7 Å². The molecule has 0 aromatic rings. The van der Waals surface area contributed by atoms with Crippen LogP contribution in [0.2, 0.25) is 0 Å². The third kappa shape index (κ3) is 1.76. The predicted octanol–water partition coefficient (Wildman–Crippen LogP) is 1.34. The van der Waals surface area contributed by atoms with Gasteiger partial charge in [0.25, 0.3) is 0 Å². The summed E-state index contributed by atoms with van der Waals surface area (Å²) in [5.41, 5.74) is -0.211. The average Bonchev–Trinajstić information content (AvgIpc) is 2.67. The molecule has 2 saturated carbocycles. The summed E-state index contributed by atoms with van der Waals surface area (Å²) in [4.78, 5) is 11.8. The van der Waals surface area contributed by atoms with E-state index in [0.29, 0.717) is 0 Å². The Labute approximate surface area is 114 Å². The minimum absolute atomic E-state index is 0.0343. The summed E-state index contributed by atoms with van der Waals surface area (Å²) in [5.74, 6) is 0.391. The molecular weight excluding hydrogens is 244 g/mol. The van der Waals surface area contributed by atoms with E-state index in [0.717, 1.165) is 25.7 Å². The van der Waals surface area contributed by atoms with Crippen LogP contribution < -0.4 is 0 Å². The number of carbonyl (C=O) groups excluding carboxylic acids is 1. The van der Waals surface area contributed by atoms with Gasteiger partial charge in [-0.25, -0.2) is 0 Å². The molecule has 1 saturated heterocycles. The minimum atomic E-state index is -0.337. The topological polar surface area (TPSA) is 66.8 Å². The molecule has 3 rings (SSSR count). The highest BCUT2D eigenvalue weighted by Gasteiger charge is 2.60. The van der Waals surface area contributed by atoms with Crippen molar-refractivity contribution in [2.24, 2.45) is 29.1 Å². The number of hydrogen-bond acceptors (Lipinski definition) is 4. The largest absolute Gasteiger partial charge is 0.462 e. The fourth-order valence-corrected chi connectivity index (χ4v) is 4.84. The van der Waals surface area contributed by atoms with Crippen LogP contribution in [0, 0.1) is 29.1 Å². The number of esters is 1. The molecule has 7 atom stereocenters. The highest BCUT2D eigenvalue weighted by atomic mass is 16.6. The summed E-state index contributed by atoms with van der Waals surface area (Å²) in [7, 11) is 0. The summed E-state index contributed by atoms with van der Waals surface area (Å²) in [6.45, 7) is 4.18.